The minimum absolute atomic E-state index is 0.0888. The van der Waals surface area contributed by atoms with Gasteiger partial charge in [0.15, 0.2) is 5.82 Å². The highest BCUT2D eigenvalue weighted by atomic mass is 16.2. The Morgan fingerprint density at radius 3 is 2.94 bits per heavy atom. The SMILES string of the molecule is Cn1cc(CN)c(NC(=O)C2CCCC2)n1. The van der Waals surface area contributed by atoms with Crippen molar-refractivity contribution in [2.75, 3.05) is 5.32 Å². The molecule has 1 aliphatic carbocycles. The van der Waals surface area contributed by atoms with Gasteiger partial charge in [-0.25, -0.2) is 0 Å². The maximum absolute atomic E-state index is 11.9. The van der Waals surface area contributed by atoms with Crippen molar-refractivity contribution >= 4 is 11.7 Å². The number of nitrogens with one attached hydrogen (secondary N) is 1. The first kappa shape index (κ1) is 11.1. The van der Waals surface area contributed by atoms with Crippen LogP contribution >= 0.6 is 0 Å². The Morgan fingerprint density at radius 1 is 1.62 bits per heavy atom. The Bertz CT molecular complexity index is 379. The van der Waals surface area contributed by atoms with Gasteiger partial charge in [-0.2, -0.15) is 5.10 Å². The largest absolute Gasteiger partial charge is 0.326 e. The van der Waals surface area contributed by atoms with Crippen molar-refractivity contribution < 1.29 is 4.79 Å². The summed E-state index contributed by atoms with van der Waals surface area (Å²) in [6.07, 6.45) is 6.14. The predicted molar refractivity (Wildman–Crippen MR) is 61.7 cm³/mol. The molecule has 1 fully saturated rings. The molecule has 88 valence electrons. The van der Waals surface area contributed by atoms with E-state index in [0.717, 1.165) is 31.2 Å². The van der Waals surface area contributed by atoms with E-state index in [-0.39, 0.29) is 11.8 Å². The summed E-state index contributed by atoms with van der Waals surface area (Å²) < 4.78 is 1.67. The van der Waals surface area contributed by atoms with Gasteiger partial charge in [-0.1, -0.05) is 12.8 Å². The number of anilines is 1. The maximum Gasteiger partial charge on any atom is 0.228 e. The second-order valence-electron chi connectivity index (χ2n) is 4.35. The Kier molecular flexibility index (Phi) is 3.24. The number of aryl methyl sites for hydroxylation is 1. The third kappa shape index (κ3) is 2.24. The van der Waals surface area contributed by atoms with Gasteiger partial charge in [0, 0.05) is 31.3 Å². The fourth-order valence-electron chi connectivity index (χ4n) is 2.20. The van der Waals surface area contributed by atoms with Crippen molar-refractivity contribution in [3.8, 4) is 0 Å². The number of aromatic nitrogens is 2. The van der Waals surface area contributed by atoms with E-state index in [9.17, 15) is 4.79 Å². The van der Waals surface area contributed by atoms with Gasteiger partial charge in [0.2, 0.25) is 5.91 Å². The summed E-state index contributed by atoms with van der Waals surface area (Å²) in [6.45, 7) is 0.397. The maximum atomic E-state index is 11.9. The van der Waals surface area contributed by atoms with E-state index in [4.69, 9.17) is 5.73 Å². The summed E-state index contributed by atoms with van der Waals surface area (Å²) in [7, 11) is 1.82. The number of carbonyl (C=O) groups excluding carboxylic acids is 1. The molecule has 0 aromatic carbocycles. The van der Waals surface area contributed by atoms with Gasteiger partial charge in [-0.15, -0.1) is 0 Å². The molecular formula is C11H18N4O. The quantitative estimate of drug-likeness (QED) is 0.801. The summed E-state index contributed by atoms with van der Waals surface area (Å²) in [5.41, 5.74) is 6.47. The van der Waals surface area contributed by atoms with Crippen molar-refractivity contribution in [1.82, 2.24) is 9.78 Å². The Hall–Kier alpha value is -1.36. The second kappa shape index (κ2) is 4.65. The van der Waals surface area contributed by atoms with Crippen LogP contribution < -0.4 is 11.1 Å². The highest BCUT2D eigenvalue weighted by Gasteiger charge is 2.23. The van der Waals surface area contributed by atoms with Crippen LogP contribution in [0.5, 0.6) is 0 Å². The molecule has 3 N–H and O–H groups in total. The van der Waals surface area contributed by atoms with Gasteiger partial charge in [0.05, 0.1) is 0 Å². The molecule has 0 unspecified atom stereocenters. The fourth-order valence-corrected chi connectivity index (χ4v) is 2.20. The summed E-state index contributed by atoms with van der Waals surface area (Å²) in [5.74, 6) is 0.862. The minimum atomic E-state index is 0.0888. The average Bonchev–Trinajstić information content (AvgIpc) is 2.87. The van der Waals surface area contributed by atoms with E-state index in [1.54, 1.807) is 4.68 Å². The van der Waals surface area contributed by atoms with E-state index in [0.29, 0.717) is 12.4 Å². The van der Waals surface area contributed by atoms with Crippen molar-refractivity contribution in [1.29, 1.82) is 0 Å². The van der Waals surface area contributed by atoms with Crippen LogP contribution in [0.25, 0.3) is 0 Å². The molecule has 1 saturated carbocycles. The highest BCUT2D eigenvalue weighted by Crippen LogP contribution is 2.26. The zero-order valence-electron chi connectivity index (χ0n) is 9.57. The lowest BCUT2D eigenvalue weighted by Crippen LogP contribution is -2.21. The van der Waals surface area contributed by atoms with Crippen molar-refractivity contribution in [2.24, 2.45) is 18.7 Å². The Labute approximate surface area is 95.0 Å². The van der Waals surface area contributed by atoms with E-state index in [1.807, 2.05) is 13.2 Å². The standard InChI is InChI=1S/C11H18N4O/c1-15-7-9(6-12)10(14-15)13-11(16)8-4-2-3-5-8/h7-8H,2-6,12H2,1H3,(H,13,14,16). The number of carbonyl (C=O) groups is 1. The Morgan fingerprint density at radius 2 is 2.31 bits per heavy atom. The van der Waals surface area contributed by atoms with E-state index >= 15 is 0 Å². The molecule has 5 nitrogen and oxygen atoms in total. The van der Waals surface area contributed by atoms with Crippen molar-refractivity contribution in [2.45, 2.75) is 32.2 Å². The van der Waals surface area contributed by atoms with Gasteiger partial charge in [-0.3, -0.25) is 9.48 Å². The normalized spacial score (nSPS) is 16.6. The molecule has 1 aliphatic rings. The molecule has 0 atom stereocenters. The molecule has 1 amide bonds. The minimum Gasteiger partial charge on any atom is -0.326 e. The van der Waals surface area contributed by atoms with Gasteiger partial charge < -0.3 is 11.1 Å². The lowest BCUT2D eigenvalue weighted by Gasteiger charge is -2.08. The molecule has 0 saturated heterocycles. The molecule has 1 aromatic heterocycles. The molecule has 1 aromatic rings. The zero-order valence-corrected chi connectivity index (χ0v) is 9.57. The fraction of sp³-hybridized carbons (Fsp3) is 0.636. The third-order valence-electron chi connectivity index (χ3n) is 3.09. The van der Waals surface area contributed by atoms with Gasteiger partial charge >= 0.3 is 0 Å². The van der Waals surface area contributed by atoms with Crippen LogP contribution in [0.15, 0.2) is 6.20 Å². The summed E-state index contributed by atoms with van der Waals surface area (Å²) >= 11 is 0. The first-order valence-electron chi connectivity index (χ1n) is 5.74. The van der Waals surface area contributed by atoms with Crippen LogP contribution in [0.2, 0.25) is 0 Å². The number of amides is 1. The highest BCUT2D eigenvalue weighted by molar-refractivity contribution is 5.92. The van der Waals surface area contributed by atoms with E-state index < -0.39 is 0 Å². The van der Waals surface area contributed by atoms with Crippen LogP contribution in [0.4, 0.5) is 5.82 Å². The molecule has 5 heteroatoms. The van der Waals surface area contributed by atoms with Gasteiger partial charge in [0.1, 0.15) is 0 Å². The van der Waals surface area contributed by atoms with Crippen LogP contribution in [0.1, 0.15) is 31.2 Å². The summed E-state index contributed by atoms with van der Waals surface area (Å²) in [6, 6.07) is 0. The second-order valence-corrected chi connectivity index (χ2v) is 4.35. The van der Waals surface area contributed by atoms with Crippen LogP contribution in [-0.2, 0) is 18.4 Å². The first-order chi connectivity index (χ1) is 7.70. The molecular weight excluding hydrogens is 204 g/mol. The van der Waals surface area contributed by atoms with Gasteiger partial charge in [0.25, 0.3) is 0 Å². The van der Waals surface area contributed by atoms with Crippen molar-refractivity contribution in [3.63, 3.8) is 0 Å². The molecule has 1 heterocycles. The van der Waals surface area contributed by atoms with E-state index in [1.165, 1.54) is 0 Å². The number of hydrogen-bond acceptors (Lipinski definition) is 3. The van der Waals surface area contributed by atoms with Crippen molar-refractivity contribution in [3.05, 3.63) is 11.8 Å². The molecule has 0 aliphatic heterocycles. The summed E-state index contributed by atoms with van der Waals surface area (Å²) in [4.78, 5) is 11.9. The number of rotatable bonds is 3. The van der Waals surface area contributed by atoms with E-state index in [2.05, 4.69) is 10.4 Å². The Balaban J connectivity index is 2.04. The molecule has 2 rings (SSSR count). The number of nitrogens with two attached hydrogens (primary N) is 1. The van der Waals surface area contributed by atoms with Crippen LogP contribution in [0, 0.1) is 5.92 Å². The monoisotopic (exact) mass is 222 g/mol. The lowest BCUT2D eigenvalue weighted by molar-refractivity contribution is -0.119. The molecule has 0 bridgehead atoms. The molecule has 0 radical (unpaired) electrons. The zero-order chi connectivity index (χ0) is 11.5. The first-order valence-corrected chi connectivity index (χ1v) is 5.74. The molecule has 0 spiro atoms. The van der Waals surface area contributed by atoms with Gasteiger partial charge in [-0.05, 0) is 12.8 Å². The molecule has 16 heavy (non-hydrogen) atoms. The summed E-state index contributed by atoms with van der Waals surface area (Å²) in [5, 5.41) is 7.07. The topological polar surface area (TPSA) is 72.9 Å². The van der Waals surface area contributed by atoms with Crippen LogP contribution in [0.3, 0.4) is 0 Å². The van der Waals surface area contributed by atoms with Crippen LogP contribution in [-0.4, -0.2) is 15.7 Å². The predicted octanol–water partition coefficient (Wildman–Crippen LogP) is 1.01. The smallest absolute Gasteiger partial charge is 0.228 e. The number of nitrogens with zero attached hydrogens (tertiary/aromatic N) is 2. The lowest BCUT2D eigenvalue weighted by atomic mass is 10.1. The third-order valence-corrected chi connectivity index (χ3v) is 3.09. The number of hydrogen-bond donors (Lipinski definition) is 2. The average molecular weight is 222 g/mol.